The summed E-state index contributed by atoms with van der Waals surface area (Å²) in [6.45, 7) is 2.07. The molecule has 1 heterocycles. The van der Waals surface area contributed by atoms with Gasteiger partial charge in [-0.2, -0.15) is 0 Å². The Hall–Kier alpha value is -2.41. The molecule has 0 spiro atoms. The molecule has 0 fully saturated rings. The van der Waals surface area contributed by atoms with E-state index in [9.17, 15) is 0 Å². The highest BCUT2D eigenvalue weighted by Crippen LogP contribution is 2.28. The van der Waals surface area contributed by atoms with Crippen molar-refractivity contribution in [1.82, 2.24) is 15.2 Å². The second-order valence-electron chi connectivity index (χ2n) is 4.21. The topological polar surface area (TPSA) is 86.4 Å². The number of anilines is 1. The molecule has 1 aromatic carbocycles. The van der Waals surface area contributed by atoms with Crippen molar-refractivity contribution in [2.45, 2.75) is 13.5 Å². The van der Waals surface area contributed by atoms with Gasteiger partial charge in [-0.3, -0.25) is 0 Å². The molecule has 0 saturated carbocycles. The Kier molecular flexibility index (Phi) is 4.31. The number of ether oxygens (including phenoxy) is 2. The van der Waals surface area contributed by atoms with Crippen molar-refractivity contribution in [3.63, 3.8) is 0 Å². The molecule has 2 rings (SSSR count). The lowest BCUT2D eigenvalue weighted by atomic mass is 10.1. The van der Waals surface area contributed by atoms with Gasteiger partial charge in [-0.05, 0) is 19.1 Å². The first kappa shape index (κ1) is 14.0. The summed E-state index contributed by atoms with van der Waals surface area (Å²) in [7, 11) is 3.36. The molecule has 0 aliphatic rings. The molecule has 7 nitrogen and oxygen atoms in total. The summed E-state index contributed by atoms with van der Waals surface area (Å²) in [6, 6.07) is 5.62. The van der Waals surface area contributed by atoms with E-state index in [1.54, 1.807) is 14.2 Å². The zero-order valence-corrected chi connectivity index (χ0v) is 11.7. The Labute approximate surface area is 117 Å². The van der Waals surface area contributed by atoms with Gasteiger partial charge < -0.3 is 14.5 Å². The van der Waals surface area contributed by atoms with Gasteiger partial charge in [-0.15, -0.1) is 10.2 Å². The van der Waals surface area contributed by atoms with E-state index in [1.165, 1.54) is 11.3 Å². The van der Waals surface area contributed by atoms with Gasteiger partial charge in [0.15, 0.2) is 0 Å². The van der Waals surface area contributed by atoms with Crippen LogP contribution >= 0.6 is 0 Å². The summed E-state index contributed by atoms with van der Waals surface area (Å²) in [5.74, 6) is 6.91. The fourth-order valence-corrected chi connectivity index (χ4v) is 1.81. The van der Waals surface area contributed by atoms with Crippen molar-refractivity contribution < 1.29 is 9.47 Å². The van der Waals surface area contributed by atoms with Crippen LogP contribution in [0, 0.1) is 6.92 Å². The quantitative estimate of drug-likeness (QED) is 0.645. The third-order valence-electron chi connectivity index (χ3n) is 2.82. The average molecular weight is 275 g/mol. The maximum absolute atomic E-state index is 5.82. The van der Waals surface area contributed by atoms with Gasteiger partial charge in [0, 0.05) is 7.05 Å². The van der Waals surface area contributed by atoms with Crippen LogP contribution in [-0.2, 0) is 6.61 Å². The Morgan fingerprint density at radius 1 is 1.35 bits per heavy atom. The number of nitrogens with two attached hydrogens (primary N) is 1. The third-order valence-corrected chi connectivity index (χ3v) is 2.82. The Balaban J connectivity index is 2.26. The molecule has 106 valence electrons. The number of nitrogens with zero attached hydrogens (tertiary/aromatic N) is 4. The molecule has 0 saturated heterocycles. The smallest absolute Gasteiger partial charge is 0.255 e. The molecule has 0 aliphatic heterocycles. The van der Waals surface area contributed by atoms with Crippen LogP contribution in [0.3, 0.4) is 0 Å². The number of benzene rings is 1. The van der Waals surface area contributed by atoms with Crippen molar-refractivity contribution >= 4 is 5.69 Å². The van der Waals surface area contributed by atoms with Gasteiger partial charge in [0.25, 0.3) is 5.88 Å². The summed E-state index contributed by atoms with van der Waals surface area (Å²) in [5.41, 5.74) is 2.33. The number of hydrazine groups is 1. The lowest BCUT2D eigenvalue weighted by molar-refractivity contribution is 0.278. The Morgan fingerprint density at radius 2 is 2.15 bits per heavy atom. The van der Waals surface area contributed by atoms with Crippen LogP contribution < -0.4 is 20.3 Å². The number of methoxy groups -OCH3 is 1. The maximum atomic E-state index is 5.82. The van der Waals surface area contributed by atoms with Crippen molar-refractivity contribution in [1.29, 1.82) is 0 Å². The summed E-state index contributed by atoms with van der Waals surface area (Å²) in [6.07, 6.45) is 1.38. The Morgan fingerprint density at radius 3 is 2.80 bits per heavy atom. The molecule has 1 aromatic heterocycles. The number of aromatic nitrogens is 3. The van der Waals surface area contributed by atoms with E-state index in [0.717, 1.165) is 11.3 Å². The van der Waals surface area contributed by atoms with Gasteiger partial charge in [-0.25, -0.2) is 10.8 Å². The molecule has 7 heteroatoms. The number of hydrogen-bond acceptors (Lipinski definition) is 7. The van der Waals surface area contributed by atoms with Crippen molar-refractivity contribution in [2.24, 2.45) is 5.84 Å². The summed E-state index contributed by atoms with van der Waals surface area (Å²) in [4.78, 5) is 4.03. The van der Waals surface area contributed by atoms with E-state index in [2.05, 4.69) is 15.2 Å². The molecule has 2 aromatic rings. The monoisotopic (exact) mass is 275 g/mol. The number of rotatable bonds is 5. The van der Waals surface area contributed by atoms with Crippen LogP contribution in [0.2, 0.25) is 0 Å². The molecule has 0 aliphatic carbocycles. The van der Waals surface area contributed by atoms with E-state index in [0.29, 0.717) is 17.3 Å². The fraction of sp³-hybridized carbons (Fsp3) is 0.308. The third kappa shape index (κ3) is 2.94. The second-order valence-corrected chi connectivity index (χ2v) is 4.21. The summed E-state index contributed by atoms with van der Waals surface area (Å²) in [5, 5.41) is 9.13. The van der Waals surface area contributed by atoms with Gasteiger partial charge in [-0.1, -0.05) is 6.07 Å². The normalized spacial score (nSPS) is 10.2. The van der Waals surface area contributed by atoms with Gasteiger partial charge in [0.1, 0.15) is 24.4 Å². The zero-order valence-electron chi connectivity index (χ0n) is 11.7. The molecule has 0 unspecified atom stereocenters. The summed E-state index contributed by atoms with van der Waals surface area (Å²) < 4.78 is 11.0. The first-order chi connectivity index (χ1) is 9.63. The molecule has 20 heavy (non-hydrogen) atoms. The minimum Gasteiger partial charge on any atom is -0.496 e. The predicted molar refractivity (Wildman–Crippen MR) is 74.5 cm³/mol. The molecule has 0 atom stereocenters. The van der Waals surface area contributed by atoms with Crippen LogP contribution in [0.25, 0.3) is 0 Å². The highest BCUT2D eigenvalue weighted by molar-refractivity contribution is 5.58. The lowest BCUT2D eigenvalue weighted by Crippen LogP contribution is -2.26. The van der Waals surface area contributed by atoms with Gasteiger partial charge in [0.05, 0.1) is 18.4 Å². The molecular weight excluding hydrogens is 258 g/mol. The summed E-state index contributed by atoms with van der Waals surface area (Å²) >= 11 is 0. The standard InChI is InChI=1S/C13H17N5O2/c1-9-13(17-16-8-15-9)20-7-10-11(18(2)14)5-4-6-12(10)19-3/h4-6,8H,7,14H2,1-3H3. The lowest BCUT2D eigenvalue weighted by Gasteiger charge is -2.19. The molecule has 0 radical (unpaired) electrons. The molecule has 2 N–H and O–H groups in total. The van der Waals surface area contributed by atoms with Crippen LogP contribution in [0.15, 0.2) is 24.5 Å². The number of aryl methyl sites for hydroxylation is 1. The van der Waals surface area contributed by atoms with Crippen LogP contribution in [0.1, 0.15) is 11.3 Å². The van der Waals surface area contributed by atoms with E-state index < -0.39 is 0 Å². The first-order valence-corrected chi connectivity index (χ1v) is 6.05. The van der Waals surface area contributed by atoms with Crippen LogP contribution in [0.4, 0.5) is 5.69 Å². The van der Waals surface area contributed by atoms with Crippen molar-refractivity contribution in [2.75, 3.05) is 19.2 Å². The van der Waals surface area contributed by atoms with Crippen molar-refractivity contribution in [3.05, 3.63) is 35.8 Å². The van der Waals surface area contributed by atoms with Gasteiger partial charge >= 0.3 is 0 Å². The van der Waals surface area contributed by atoms with E-state index in [1.807, 2.05) is 25.1 Å². The molecule has 0 bridgehead atoms. The average Bonchev–Trinajstić information content (AvgIpc) is 2.46. The van der Waals surface area contributed by atoms with E-state index >= 15 is 0 Å². The zero-order chi connectivity index (χ0) is 14.5. The second kappa shape index (κ2) is 6.16. The van der Waals surface area contributed by atoms with Crippen LogP contribution in [-0.4, -0.2) is 29.3 Å². The van der Waals surface area contributed by atoms with Crippen molar-refractivity contribution in [3.8, 4) is 11.6 Å². The molecular formula is C13H17N5O2. The minimum absolute atomic E-state index is 0.266. The predicted octanol–water partition coefficient (Wildman–Crippen LogP) is 1.08. The van der Waals surface area contributed by atoms with E-state index in [-0.39, 0.29) is 6.61 Å². The first-order valence-electron chi connectivity index (χ1n) is 6.05. The van der Waals surface area contributed by atoms with Gasteiger partial charge in [0.2, 0.25) is 0 Å². The highest BCUT2D eigenvalue weighted by atomic mass is 16.5. The fourth-order valence-electron chi connectivity index (χ4n) is 1.81. The largest absolute Gasteiger partial charge is 0.496 e. The number of hydrogen-bond donors (Lipinski definition) is 1. The maximum Gasteiger partial charge on any atom is 0.255 e. The SMILES string of the molecule is COc1cccc(N(C)N)c1COc1nncnc1C. The van der Waals surface area contributed by atoms with Crippen LogP contribution in [0.5, 0.6) is 11.6 Å². The molecule has 0 amide bonds. The minimum atomic E-state index is 0.266. The van der Waals surface area contributed by atoms with E-state index in [4.69, 9.17) is 15.3 Å². The highest BCUT2D eigenvalue weighted by Gasteiger charge is 2.13. The Bertz CT molecular complexity index is 589.